The molecule has 0 aromatic heterocycles. The number of hydrogen-bond donors (Lipinski definition) is 1. The first-order valence-corrected chi connectivity index (χ1v) is 2.96. The highest BCUT2D eigenvalue weighted by molar-refractivity contribution is 6.32. The van der Waals surface area contributed by atoms with Gasteiger partial charge >= 0.3 is 0 Å². The Kier molecular flexibility index (Phi) is 3.62. The third-order valence-electron chi connectivity index (χ3n) is 0.804. The van der Waals surface area contributed by atoms with Crippen molar-refractivity contribution in [2.45, 2.75) is 0 Å². The lowest BCUT2D eigenvalue weighted by molar-refractivity contribution is 1.71. The Morgan fingerprint density at radius 1 is 0.778 bits per heavy atom. The molecule has 0 saturated heterocycles. The van der Waals surface area contributed by atoms with E-state index in [0.29, 0.717) is 0 Å². The quantitative estimate of drug-likeness (QED) is 0.627. The largest absolute Gasteiger partial charge is 0.344 e. The topological polar surface area (TPSA) is 35.0 Å². The second-order valence-electron chi connectivity index (χ2n) is 1.44. The van der Waals surface area contributed by atoms with Crippen LogP contribution in [-0.2, 0) is 0 Å². The van der Waals surface area contributed by atoms with Crippen LogP contribution in [0.5, 0.6) is 0 Å². The summed E-state index contributed by atoms with van der Waals surface area (Å²) < 4.78 is 0. The minimum Gasteiger partial charge on any atom is -0.344 e. The van der Waals surface area contributed by atoms with Gasteiger partial charge in [0.15, 0.2) is 0 Å². The van der Waals surface area contributed by atoms with Crippen LogP contribution in [0.1, 0.15) is 0 Å². The maximum absolute atomic E-state index is 5.55. The molecular weight excluding hydrogens is 157 g/mol. The van der Waals surface area contributed by atoms with Crippen LogP contribution in [0.15, 0.2) is 24.3 Å². The van der Waals surface area contributed by atoms with Gasteiger partial charge in [-0.15, -0.1) is 0 Å². The van der Waals surface area contributed by atoms with Crippen molar-refractivity contribution in [1.29, 1.82) is 0 Å². The molecule has 1 nitrogen and oxygen atoms in total. The average molecular weight is 164 g/mol. The molecule has 3 N–H and O–H groups in total. The van der Waals surface area contributed by atoms with Gasteiger partial charge in [0.1, 0.15) is 0 Å². The molecule has 0 amide bonds. The summed E-state index contributed by atoms with van der Waals surface area (Å²) in [5, 5.41) is 1.43. The Labute approximate surface area is 64.2 Å². The molecule has 0 saturated carbocycles. The Balaban J connectivity index is 0.000000640. The van der Waals surface area contributed by atoms with Crippen LogP contribution in [0, 0.1) is 0 Å². The zero-order valence-electron chi connectivity index (χ0n) is 4.77. The number of rotatable bonds is 0. The molecule has 0 aliphatic rings. The second kappa shape index (κ2) is 3.72. The summed E-state index contributed by atoms with van der Waals surface area (Å²) in [6, 6.07) is 7.02. The van der Waals surface area contributed by atoms with E-state index in [0.717, 1.165) is 10.0 Å². The van der Waals surface area contributed by atoms with E-state index in [2.05, 4.69) is 0 Å². The second-order valence-corrected chi connectivity index (χ2v) is 2.31. The minimum atomic E-state index is 0. The average Bonchev–Trinajstić information content (AvgIpc) is 1.77. The highest BCUT2D eigenvalue weighted by Crippen LogP contribution is 2.12. The molecule has 0 aliphatic heterocycles. The zero-order chi connectivity index (χ0) is 5.98. The van der Waals surface area contributed by atoms with Gasteiger partial charge in [0, 0.05) is 10.0 Å². The van der Waals surface area contributed by atoms with Crippen LogP contribution in [0.2, 0.25) is 10.0 Å². The van der Waals surface area contributed by atoms with Crippen LogP contribution in [-0.4, -0.2) is 0 Å². The molecule has 0 spiro atoms. The molecule has 1 rings (SSSR count). The smallest absolute Gasteiger partial charge is 0.0407 e. The molecule has 50 valence electrons. The van der Waals surface area contributed by atoms with Gasteiger partial charge < -0.3 is 6.15 Å². The highest BCUT2D eigenvalue weighted by Gasteiger charge is 1.83. The standard InChI is InChI=1S/C6H4Cl2.H3N/c7-5-1-2-6(8)4-3-5;/h1-4H;1H3. The summed E-state index contributed by atoms with van der Waals surface area (Å²) in [5.41, 5.74) is 0. The Bertz CT molecular complexity index is 150. The number of halogens is 2. The third-order valence-corrected chi connectivity index (χ3v) is 1.31. The lowest BCUT2D eigenvalue weighted by atomic mass is 10.4. The summed E-state index contributed by atoms with van der Waals surface area (Å²) in [6.07, 6.45) is 0. The van der Waals surface area contributed by atoms with Crippen molar-refractivity contribution in [3.05, 3.63) is 34.3 Å². The number of benzene rings is 1. The van der Waals surface area contributed by atoms with Crippen molar-refractivity contribution in [3.63, 3.8) is 0 Å². The molecule has 1 aromatic carbocycles. The van der Waals surface area contributed by atoms with E-state index in [9.17, 15) is 0 Å². The molecule has 3 heteroatoms. The van der Waals surface area contributed by atoms with E-state index >= 15 is 0 Å². The molecule has 0 radical (unpaired) electrons. The summed E-state index contributed by atoms with van der Waals surface area (Å²) in [4.78, 5) is 0. The Hall–Kier alpha value is -0.240. The molecule has 1 aromatic rings. The van der Waals surface area contributed by atoms with Gasteiger partial charge in [0.2, 0.25) is 0 Å². The molecule has 0 bridgehead atoms. The molecule has 0 aliphatic carbocycles. The number of hydrogen-bond acceptors (Lipinski definition) is 1. The maximum atomic E-state index is 5.55. The van der Waals surface area contributed by atoms with Gasteiger partial charge in [0.05, 0.1) is 0 Å². The highest BCUT2D eigenvalue weighted by atomic mass is 35.5. The first kappa shape index (κ1) is 8.76. The summed E-state index contributed by atoms with van der Waals surface area (Å²) in [7, 11) is 0. The molecule has 0 heterocycles. The monoisotopic (exact) mass is 163 g/mol. The molecule has 0 atom stereocenters. The molecule has 0 fully saturated rings. The maximum Gasteiger partial charge on any atom is 0.0407 e. The van der Waals surface area contributed by atoms with Gasteiger partial charge in [-0.05, 0) is 24.3 Å². The van der Waals surface area contributed by atoms with Crippen LogP contribution < -0.4 is 6.15 Å². The van der Waals surface area contributed by atoms with E-state index in [-0.39, 0.29) is 6.15 Å². The predicted octanol–water partition coefficient (Wildman–Crippen LogP) is 3.16. The van der Waals surface area contributed by atoms with E-state index in [1.807, 2.05) is 0 Å². The van der Waals surface area contributed by atoms with E-state index in [4.69, 9.17) is 23.2 Å². The lowest BCUT2D eigenvalue weighted by Gasteiger charge is -1.86. The van der Waals surface area contributed by atoms with Crippen LogP contribution in [0.25, 0.3) is 0 Å². The fourth-order valence-electron chi connectivity index (χ4n) is 0.430. The first-order valence-electron chi connectivity index (χ1n) is 2.20. The summed E-state index contributed by atoms with van der Waals surface area (Å²) in [6.45, 7) is 0. The van der Waals surface area contributed by atoms with Crippen LogP contribution in [0.4, 0.5) is 0 Å². The van der Waals surface area contributed by atoms with Crippen molar-refractivity contribution < 1.29 is 0 Å². The first-order chi connectivity index (χ1) is 3.79. The molecule has 0 unspecified atom stereocenters. The van der Waals surface area contributed by atoms with Crippen molar-refractivity contribution in [2.24, 2.45) is 0 Å². The molecule has 9 heavy (non-hydrogen) atoms. The lowest BCUT2D eigenvalue weighted by Crippen LogP contribution is -1.60. The predicted molar refractivity (Wildman–Crippen MR) is 41.5 cm³/mol. The third kappa shape index (κ3) is 2.70. The summed E-state index contributed by atoms with van der Waals surface area (Å²) >= 11 is 11.1. The van der Waals surface area contributed by atoms with Crippen LogP contribution >= 0.6 is 23.2 Å². The van der Waals surface area contributed by atoms with Crippen molar-refractivity contribution in [1.82, 2.24) is 6.15 Å². The fraction of sp³-hybridized carbons (Fsp3) is 0. The van der Waals surface area contributed by atoms with Gasteiger partial charge in [-0.2, -0.15) is 0 Å². The van der Waals surface area contributed by atoms with Gasteiger partial charge in [-0.25, -0.2) is 0 Å². The van der Waals surface area contributed by atoms with Gasteiger partial charge in [-0.3, -0.25) is 0 Å². The van der Waals surface area contributed by atoms with E-state index in [1.54, 1.807) is 24.3 Å². The minimum absolute atomic E-state index is 0. The van der Waals surface area contributed by atoms with E-state index in [1.165, 1.54) is 0 Å². The van der Waals surface area contributed by atoms with Gasteiger partial charge in [0.25, 0.3) is 0 Å². The fourth-order valence-corrected chi connectivity index (χ4v) is 0.682. The SMILES string of the molecule is Clc1ccc(Cl)cc1.N. The van der Waals surface area contributed by atoms with Crippen molar-refractivity contribution >= 4 is 23.2 Å². The van der Waals surface area contributed by atoms with E-state index < -0.39 is 0 Å². The van der Waals surface area contributed by atoms with Crippen molar-refractivity contribution in [2.75, 3.05) is 0 Å². The normalized spacial score (nSPS) is 8.22. The van der Waals surface area contributed by atoms with Crippen molar-refractivity contribution in [3.8, 4) is 0 Å². The Morgan fingerprint density at radius 3 is 1.22 bits per heavy atom. The van der Waals surface area contributed by atoms with Gasteiger partial charge in [-0.1, -0.05) is 23.2 Å². The zero-order valence-corrected chi connectivity index (χ0v) is 6.28. The Morgan fingerprint density at radius 2 is 1.00 bits per heavy atom. The summed E-state index contributed by atoms with van der Waals surface area (Å²) in [5.74, 6) is 0. The van der Waals surface area contributed by atoms with Crippen LogP contribution in [0.3, 0.4) is 0 Å². The molecular formula is C6H7Cl2N.